The van der Waals surface area contributed by atoms with Crippen molar-refractivity contribution in [3.63, 3.8) is 0 Å². The molecule has 0 saturated heterocycles. The smallest absolute Gasteiger partial charge is 0.0375 e. The fourth-order valence-electron chi connectivity index (χ4n) is 2.91. The highest BCUT2D eigenvalue weighted by atomic mass is 15.1. The maximum Gasteiger partial charge on any atom is 0.0375 e. The predicted octanol–water partition coefficient (Wildman–Crippen LogP) is 2.41. The molecule has 0 spiro atoms. The second-order valence-corrected chi connectivity index (χ2v) is 6.83. The van der Waals surface area contributed by atoms with Gasteiger partial charge in [0.2, 0.25) is 0 Å². The number of hydrogen-bond acceptors (Lipinski definition) is 2. The van der Waals surface area contributed by atoms with Crippen LogP contribution in [0.2, 0.25) is 0 Å². The van der Waals surface area contributed by atoms with Crippen LogP contribution < -0.4 is 5.73 Å². The van der Waals surface area contributed by atoms with Gasteiger partial charge in [0.1, 0.15) is 0 Å². The zero-order valence-electron chi connectivity index (χ0n) is 12.4. The maximum absolute atomic E-state index is 6.30. The first kappa shape index (κ1) is 13.6. The van der Waals surface area contributed by atoms with Crippen LogP contribution >= 0.6 is 0 Å². The highest BCUT2D eigenvalue weighted by Gasteiger charge is 2.32. The van der Waals surface area contributed by atoms with Gasteiger partial charge >= 0.3 is 0 Å². The first-order valence-electron chi connectivity index (χ1n) is 6.90. The van der Waals surface area contributed by atoms with Crippen LogP contribution in [-0.2, 0) is 13.0 Å². The van der Waals surface area contributed by atoms with Crippen LogP contribution in [0.3, 0.4) is 0 Å². The maximum atomic E-state index is 6.30. The number of likely N-dealkylation sites (N-methyl/N-ethyl adjacent to an activating group) is 1. The summed E-state index contributed by atoms with van der Waals surface area (Å²) < 4.78 is 2.40. The summed E-state index contributed by atoms with van der Waals surface area (Å²) in [5, 5.41) is 0. The third-order valence-corrected chi connectivity index (χ3v) is 4.27. The molecule has 0 radical (unpaired) electrons. The van der Waals surface area contributed by atoms with E-state index < -0.39 is 0 Å². The monoisotopic (exact) mass is 249 g/mol. The van der Waals surface area contributed by atoms with Crippen molar-refractivity contribution in [1.29, 1.82) is 0 Å². The van der Waals surface area contributed by atoms with Crippen molar-refractivity contribution in [3.05, 3.63) is 23.5 Å². The van der Waals surface area contributed by atoms with Gasteiger partial charge in [-0.05, 0) is 50.9 Å². The van der Waals surface area contributed by atoms with E-state index in [0.29, 0.717) is 11.5 Å². The molecule has 2 N–H and O–H groups in total. The van der Waals surface area contributed by atoms with Crippen LogP contribution in [0, 0.1) is 5.41 Å². The summed E-state index contributed by atoms with van der Waals surface area (Å²) in [5.41, 5.74) is 9.44. The number of nitrogens with zero attached hydrogens (tertiary/aromatic N) is 2. The largest absolute Gasteiger partial charge is 0.350 e. The van der Waals surface area contributed by atoms with Crippen molar-refractivity contribution in [2.75, 3.05) is 14.1 Å². The molecule has 1 aromatic heterocycles. The van der Waals surface area contributed by atoms with Crippen molar-refractivity contribution < 1.29 is 0 Å². The highest BCUT2D eigenvalue weighted by Crippen LogP contribution is 2.40. The first-order chi connectivity index (χ1) is 8.30. The van der Waals surface area contributed by atoms with Gasteiger partial charge in [-0.15, -0.1) is 0 Å². The molecule has 2 rings (SSSR count). The Kier molecular flexibility index (Phi) is 3.56. The van der Waals surface area contributed by atoms with Gasteiger partial charge in [0.05, 0.1) is 0 Å². The van der Waals surface area contributed by atoms with E-state index in [1.165, 1.54) is 11.3 Å². The summed E-state index contributed by atoms with van der Waals surface area (Å²) in [6, 6.07) is 2.97. The van der Waals surface area contributed by atoms with Gasteiger partial charge in [-0.2, -0.15) is 0 Å². The van der Waals surface area contributed by atoms with Crippen LogP contribution in [0.1, 0.15) is 44.5 Å². The van der Waals surface area contributed by atoms with Gasteiger partial charge in [0.25, 0.3) is 0 Å². The Bertz CT molecular complexity index is 417. The molecule has 1 aliphatic carbocycles. The average molecular weight is 249 g/mol. The average Bonchev–Trinajstić information content (AvgIpc) is 2.59. The Labute approximate surface area is 111 Å². The molecule has 18 heavy (non-hydrogen) atoms. The molecule has 0 aromatic carbocycles. The lowest BCUT2D eigenvalue weighted by molar-refractivity contribution is 0.257. The van der Waals surface area contributed by atoms with Crippen LogP contribution in [0.4, 0.5) is 0 Å². The zero-order valence-corrected chi connectivity index (χ0v) is 12.4. The minimum Gasteiger partial charge on any atom is -0.350 e. The van der Waals surface area contributed by atoms with E-state index >= 15 is 0 Å². The van der Waals surface area contributed by atoms with Gasteiger partial charge in [0, 0.05) is 30.5 Å². The summed E-state index contributed by atoms with van der Waals surface area (Å²) in [7, 11) is 4.27. The number of hydrogen-bond donors (Lipinski definition) is 1. The summed E-state index contributed by atoms with van der Waals surface area (Å²) in [5.74, 6) is 0. The lowest BCUT2D eigenvalue weighted by atomic mass is 9.74. The van der Waals surface area contributed by atoms with E-state index in [2.05, 4.69) is 56.6 Å². The summed E-state index contributed by atoms with van der Waals surface area (Å²) >= 11 is 0. The Hall–Kier alpha value is -0.800. The molecule has 0 fully saturated rings. The van der Waals surface area contributed by atoms with Crippen LogP contribution in [0.15, 0.2) is 12.3 Å². The van der Waals surface area contributed by atoms with E-state index in [1.807, 2.05) is 0 Å². The van der Waals surface area contributed by atoms with Gasteiger partial charge in [-0.25, -0.2) is 0 Å². The second-order valence-electron chi connectivity index (χ2n) is 6.83. The third kappa shape index (κ3) is 2.62. The Morgan fingerprint density at radius 2 is 2.17 bits per heavy atom. The first-order valence-corrected chi connectivity index (χ1v) is 6.90. The number of aromatic nitrogens is 1. The van der Waals surface area contributed by atoms with E-state index in [1.54, 1.807) is 0 Å². The number of nitrogens with two attached hydrogens (primary N) is 1. The zero-order chi connectivity index (χ0) is 13.5. The normalized spacial score (nSPS) is 24.1. The third-order valence-electron chi connectivity index (χ3n) is 4.27. The van der Waals surface area contributed by atoms with Crippen LogP contribution in [0.5, 0.6) is 0 Å². The van der Waals surface area contributed by atoms with Gasteiger partial charge < -0.3 is 15.2 Å². The van der Waals surface area contributed by atoms with Gasteiger partial charge in [-0.1, -0.05) is 13.8 Å². The summed E-state index contributed by atoms with van der Waals surface area (Å²) in [6.45, 7) is 7.95. The van der Waals surface area contributed by atoms with E-state index in [9.17, 15) is 0 Å². The highest BCUT2D eigenvalue weighted by molar-refractivity contribution is 5.30. The summed E-state index contributed by atoms with van der Waals surface area (Å²) in [6.07, 6.45) is 4.45. The minimum absolute atomic E-state index is 0.208. The predicted molar refractivity (Wildman–Crippen MR) is 76.6 cm³/mol. The van der Waals surface area contributed by atoms with E-state index in [-0.39, 0.29) is 6.04 Å². The van der Waals surface area contributed by atoms with Crippen molar-refractivity contribution in [2.45, 2.75) is 52.2 Å². The molecular formula is C15H27N3. The molecule has 102 valence electrons. The SMILES string of the molecule is CC(Cn1ccc2c1CC(C)(C)CC2N)N(C)C. The van der Waals surface area contributed by atoms with Crippen molar-refractivity contribution >= 4 is 0 Å². The lowest BCUT2D eigenvalue weighted by Crippen LogP contribution is -2.33. The lowest BCUT2D eigenvalue weighted by Gasteiger charge is -2.35. The van der Waals surface area contributed by atoms with Crippen molar-refractivity contribution in [3.8, 4) is 0 Å². The molecule has 1 aromatic rings. The molecular weight excluding hydrogens is 222 g/mol. The van der Waals surface area contributed by atoms with Gasteiger partial charge in [0.15, 0.2) is 0 Å². The fraction of sp³-hybridized carbons (Fsp3) is 0.733. The molecule has 0 bridgehead atoms. The fourth-order valence-corrected chi connectivity index (χ4v) is 2.91. The minimum atomic E-state index is 0.208. The molecule has 3 heteroatoms. The Balaban J connectivity index is 2.25. The molecule has 3 nitrogen and oxygen atoms in total. The Morgan fingerprint density at radius 3 is 2.78 bits per heavy atom. The summed E-state index contributed by atoms with van der Waals surface area (Å²) in [4.78, 5) is 2.26. The molecule has 2 unspecified atom stereocenters. The molecule has 0 aliphatic heterocycles. The molecule has 2 atom stereocenters. The van der Waals surface area contributed by atoms with Crippen molar-refractivity contribution in [1.82, 2.24) is 9.47 Å². The van der Waals surface area contributed by atoms with Crippen LogP contribution in [-0.4, -0.2) is 29.6 Å². The number of rotatable bonds is 3. The standard InChI is InChI=1S/C15H27N3/c1-11(17(4)5)10-18-7-6-12-13(16)8-15(2,3)9-14(12)18/h6-7,11,13H,8-10,16H2,1-5H3. The number of fused-ring (bicyclic) bond motifs is 1. The van der Waals surface area contributed by atoms with Crippen molar-refractivity contribution in [2.24, 2.45) is 11.1 Å². The molecule has 0 amide bonds. The quantitative estimate of drug-likeness (QED) is 0.892. The molecule has 0 saturated carbocycles. The Morgan fingerprint density at radius 1 is 1.50 bits per heavy atom. The van der Waals surface area contributed by atoms with E-state index in [0.717, 1.165) is 19.4 Å². The van der Waals surface area contributed by atoms with E-state index in [4.69, 9.17) is 5.73 Å². The molecule has 1 aliphatic rings. The molecule has 1 heterocycles. The van der Waals surface area contributed by atoms with Crippen LogP contribution in [0.25, 0.3) is 0 Å². The topological polar surface area (TPSA) is 34.2 Å². The van der Waals surface area contributed by atoms with Gasteiger partial charge in [-0.3, -0.25) is 0 Å². The second kappa shape index (κ2) is 4.71.